The number of aliphatic hydroxyl groups is 1. The minimum Gasteiger partial charge on any atom is -0.396 e. The maximum atomic E-state index is 10.6. The zero-order chi connectivity index (χ0) is 14.3. The Labute approximate surface area is 111 Å². The Morgan fingerprint density at radius 3 is 2.84 bits per heavy atom. The molecule has 0 aliphatic carbocycles. The minimum absolute atomic E-state index is 0.0931. The molecule has 0 amide bonds. The summed E-state index contributed by atoms with van der Waals surface area (Å²) in [7, 11) is 0. The number of nitro benzene ring substituents is 1. The number of nitrogens with one attached hydrogen (secondary N) is 1. The van der Waals surface area contributed by atoms with Gasteiger partial charge in [0, 0.05) is 25.3 Å². The molecule has 0 saturated heterocycles. The van der Waals surface area contributed by atoms with E-state index in [1.807, 2.05) is 13.0 Å². The van der Waals surface area contributed by atoms with Crippen LogP contribution in [0.3, 0.4) is 0 Å². The number of benzene rings is 1. The second-order valence-electron chi connectivity index (χ2n) is 4.27. The van der Waals surface area contributed by atoms with Gasteiger partial charge in [0.05, 0.1) is 16.2 Å². The van der Waals surface area contributed by atoms with Gasteiger partial charge in [-0.2, -0.15) is 5.26 Å². The lowest BCUT2D eigenvalue weighted by molar-refractivity contribution is -0.384. The molecule has 0 spiro atoms. The summed E-state index contributed by atoms with van der Waals surface area (Å²) in [5.74, 6) is 0.312. The standard InChI is InChI=1S/C13H17N3O3/c1-2-10(5-6-17)9-15-13-4-3-12(16(18)19)7-11(13)8-14/h3-4,7,10,15,17H,2,5-6,9H2,1H3. The van der Waals surface area contributed by atoms with Crippen molar-refractivity contribution >= 4 is 11.4 Å². The number of nitrogens with zero attached hydrogens (tertiary/aromatic N) is 2. The van der Waals surface area contributed by atoms with Crippen LogP contribution in [0, 0.1) is 27.4 Å². The number of nitro groups is 1. The summed E-state index contributed by atoms with van der Waals surface area (Å²) in [4.78, 5) is 10.1. The fourth-order valence-electron chi connectivity index (χ4n) is 1.78. The van der Waals surface area contributed by atoms with Crippen LogP contribution in [-0.4, -0.2) is 23.2 Å². The zero-order valence-electron chi connectivity index (χ0n) is 10.8. The Hall–Kier alpha value is -2.13. The molecule has 1 aromatic rings. The van der Waals surface area contributed by atoms with Gasteiger partial charge in [0.2, 0.25) is 0 Å². The SMILES string of the molecule is CCC(CCO)CNc1ccc([N+](=O)[O-])cc1C#N. The van der Waals surface area contributed by atoms with Crippen molar-refractivity contribution in [3.05, 3.63) is 33.9 Å². The van der Waals surface area contributed by atoms with Gasteiger partial charge >= 0.3 is 0 Å². The number of hydrogen-bond donors (Lipinski definition) is 2. The molecular formula is C13H17N3O3. The summed E-state index contributed by atoms with van der Waals surface area (Å²) in [6.07, 6.45) is 1.61. The van der Waals surface area contributed by atoms with Crippen LogP contribution in [0.15, 0.2) is 18.2 Å². The Kier molecular flexibility index (Phi) is 5.76. The number of nitriles is 1. The van der Waals surface area contributed by atoms with Gasteiger partial charge in [-0.05, 0) is 18.4 Å². The molecule has 1 atom stereocenters. The number of non-ortho nitro benzene ring substituents is 1. The molecule has 0 aliphatic rings. The largest absolute Gasteiger partial charge is 0.396 e. The van der Waals surface area contributed by atoms with Crippen molar-refractivity contribution in [2.24, 2.45) is 5.92 Å². The summed E-state index contributed by atoms with van der Waals surface area (Å²) < 4.78 is 0. The van der Waals surface area contributed by atoms with E-state index in [9.17, 15) is 10.1 Å². The van der Waals surface area contributed by atoms with Crippen LogP contribution >= 0.6 is 0 Å². The second-order valence-corrected chi connectivity index (χ2v) is 4.27. The first-order chi connectivity index (χ1) is 9.12. The third kappa shape index (κ3) is 4.23. The van der Waals surface area contributed by atoms with Crippen molar-refractivity contribution in [2.75, 3.05) is 18.5 Å². The molecule has 19 heavy (non-hydrogen) atoms. The molecule has 0 aromatic heterocycles. The average molecular weight is 263 g/mol. The van der Waals surface area contributed by atoms with E-state index in [1.54, 1.807) is 6.07 Å². The third-order valence-corrected chi connectivity index (χ3v) is 3.03. The maximum absolute atomic E-state index is 10.6. The van der Waals surface area contributed by atoms with Crippen LogP contribution in [-0.2, 0) is 0 Å². The first-order valence-corrected chi connectivity index (χ1v) is 6.15. The van der Waals surface area contributed by atoms with Gasteiger partial charge < -0.3 is 10.4 Å². The van der Waals surface area contributed by atoms with E-state index in [1.165, 1.54) is 12.1 Å². The van der Waals surface area contributed by atoms with Crippen LogP contribution < -0.4 is 5.32 Å². The van der Waals surface area contributed by atoms with E-state index in [2.05, 4.69) is 5.32 Å². The summed E-state index contributed by atoms with van der Waals surface area (Å²) in [5.41, 5.74) is 0.752. The molecule has 0 aliphatic heterocycles. The summed E-state index contributed by atoms with van der Waals surface area (Å²) in [6, 6.07) is 6.12. The van der Waals surface area contributed by atoms with Gasteiger partial charge in [-0.15, -0.1) is 0 Å². The van der Waals surface area contributed by atoms with E-state index < -0.39 is 4.92 Å². The molecule has 1 rings (SSSR count). The molecule has 0 radical (unpaired) electrons. The maximum Gasteiger partial charge on any atom is 0.270 e. The van der Waals surface area contributed by atoms with Gasteiger partial charge in [0.15, 0.2) is 0 Å². The first-order valence-electron chi connectivity index (χ1n) is 6.15. The first kappa shape index (κ1) is 14.9. The molecule has 6 nitrogen and oxygen atoms in total. The summed E-state index contributed by atoms with van der Waals surface area (Å²) >= 11 is 0. The van der Waals surface area contributed by atoms with Crippen LogP contribution in [0.1, 0.15) is 25.3 Å². The van der Waals surface area contributed by atoms with Crippen molar-refractivity contribution < 1.29 is 10.0 Å². The Morgan fingerprint density at radius 1 is 1.58 bits per heavy atom. The third-order valence-electron chi connectivity index (χ3n) is 3.03. The lowest BCUT2D eigenvalue weighted by Gasteiger charge is -2.15. The molecule has 1 aromatic carbocycles. The Balaban J connectivity index is 2.78. The number of hydrogen-bond acceptors (Lipinski definition) is 5. The monoisotopic (exact) mass is 263 g/mol. The lowest BCUT2D eigenvalue weighted by atomic mass is 10.0. The van der Waals surface area contributed by atoms with Crippen molar-refractivity contribution in [1.82, 2.24) is 0 Å². The average Bonchev–Trinajstić information content (AvgIpc) is 2.43. The van der Waals surface area contributed by atoms with Gasteiger partial charge in [-0.1, -0.05) is 13.3 Å². The van der Waals surface area contributed by atoms with Gasteiger partial charge in [0.25, 0.3) is 5.69 Å². The highest BCUT2D eigenvalue weighted by Crippen LogP contribution is 2.22. The quantitative estimate of drug-likeness (QED) is 0.580. The normalized spacial score (nSPS) is 11.6. The van der Waals surface area contributed by atoms with Gasteiger partial charge in [0.1, 0.15) is 6.07 Å². The molecule has 1 unspecified atom stereocenters. The lowest BCUT2D eigenvalue weighted by Crippen LogP contribution is -2.15. The van der Waals surface area contributed by atoms with E-state index in [0.29, 0.717) is 24.6 Å². The van der Waals surface area contributed by atoms with Crippen molar-refractivity contribution in [2.45, 2.75) is 19.8 Å². The van der Waals surface area contributed by atoms with Crippen LogP contribution in [0.2, 0.25) is 0 Å². The Morgan fingerprint density at radius 2 is 2.32 bits per heavy atom. The van der Waals surface area contributed by atoms with E-state index >= 15 is 0 Å². The minimum atomic E-state index is -0.523. The predicted octanol–water partition coefficient (Wildman–Crippen LogP) is 2.29. The van der Waals surface area contributed by atoms with Crippen molar-refractivity contribution in [1.29, 1.82) is 5.26 Å². The molecule has 0 saturated carbocycles. The van der Waals surface area contributed by atoms with Crippen LogP contribution in [0.4, 0.5) is 11.4 Å². The van der Waals surface area contributed by atoms with Crippen LogP contribution in [0.25, 0.3) is 0 Å². The molecule has 0 bridgehead atoms. The summed E-state index contributed by atoms with van der Waals surface area (Å²) in [5, 5.41) is 31.6. The van der Waals surface area contributed by atoms with Crippen LogP contribution in [0.5, 0.6) is 0 Å². The molecule has 0 heterocycles. The van der Waals surface area contributed by atoms with Gasteiger partial charge in [-0.25, -0.2) is 0 Å². The smallest absolute Gasteiger partial charge is 0.270 e. The molecule has 0 fully saturated rings. The highest BCUT2D eigenvalue weighted by molar-refractivity contribution is 5.61. The molecular weight excluding hydrogens is 246 g/mol. The van der Waals surface area contributed by atoms with Gasteiger partial charge in [-0.3, -0.25) is 10.1 Å². The fourth-order valence-corrected chi connectivity index (χ4v) is 1.78. The van der Waals surface area contributed by atoms with Crippen molar-refractivity contribution in [3.8, 4) is 6.07 Å². The highest BCUT2D eigenvalue weighted by Gasteiger charge is 2.12. The molecule has 6 heteroatoms. The van der Waals surface area contributed by atoms with E-state index in [4.69, 9.17) is 10.4 Å². The number of aliphatic hydroxyl groups excluding tert-OH is 1. The van der Waals surface area contributed by atoms with E-state index in [0.717, 1.165) is 6.42 Å². The molecule has 2 N–H and O–H groups in total. The zero-order valence-corrected chi connectivity index (χ0v) is 10.8. The second kappa shape index (κ2) is 7.34. The summed E-state index contributed by atoms with van der Waals surface area (Å²) in [6.45, 7) is 2.79. The van der Waals surface area contributed by atoms with Crippen molar-refractivity contribution in [3.63, 3.8) is 0 Å². The number of anilines is 1. The predicted molar refractivity (Wildman–Crippen MR) is 71.8 cm³/mol. The topological polar surface area (TPSA) is 99.2 Å². The van der Waals surface area contributed by atoms with E-state index in [-0.39, 0.29) is 17.9 Å². The highest BCUT2D eigenvalue weighted by atomic mass is 16.6. The number of rotatable bonds is 7. The fraction of sp³-hybridized carbons (Fsp3) is 0.462. The Bertz CT molecular complexity index is 483. The molecule has 102 valence electrons.